The van der Waals surface area contributed by atoms with Gasteiger partial charge in [-0.25, -0.2) is 14.6 Å². The molecule has 2 aromatic carbocycles. The summed E-state index contributed by atoms with van der Waals surface area (Å²) in [4.78, 5) is 43.7. The van der Waals surface area contributed by atoms with Crippen LogP contribution in [0.5, 0.6) is 17.2 Å². The fourth-order valence-electron chi connectivity index (χ4n) is 4.39. The van der Waals surface area contributed by atoms with Crippen LogP contribution in [0.2, 0.25) is 0 Å². The molecular weight excluding hydrogens is 548 g/mol. The largest absolute Gasteiger partial charge is 0.493 e. The lowest BCUT2D eigenvalue weighted by Gasteiger charge is -2.26. The summed E-state index contributed by atoms with van der Waals surface area (Å²) in [5.41, 5.74) is 1.74. The number of fused-ring (bicyclic) bond motifs is 1. The zero-order chi connectivity index (χ0) is 29.7. The van der Waals surface area contributed by atoms with Crippen molar-refractivity contribution in [2.45, 2.75) is 39.8 Å². The number of allylic oxidation sites excluding steroid dienone is 1. The average Bonchev–Trinajstić information content (AvgIpc) is 3.25. The summed E-state index contributed by atoms with van der Waals surface area (Å²) in [6.45, 7) is 7.20. The zero-order valence-corrected chi connectivity index (χ0v) is 24.6. The average molecular weight is 581 g/mol. The van der Waals surface area contributed by atoms with Crippen molar-refractivity contribution in [1.82, 2.24) is 4.57 Å². The SMILES string of the molecule is CCOC(=O)C1=C(C)N=c2s/c(=C/c3ccc(OCC(=O)OC)c(OC)c3)c(=O)n2[C@@H]1c1ccccc1OC(C)C. The standard InChI is InChI=1S/C30H32N2O8S/c1-7-38-29(35)26-18(4)31-30-32(27(26)20-10-8-9-11-21(20)40-17(2)3)28(34)24(41-30)15-19-12-13-22(23(14-19)36-5)39-16-25(33)37-6/h8-15,17,27H,7,16H2,1-6H3/b24-15+/t27-/m1/s1. The number of carbonyl (C=O) groups is 2. The first-order chi connectivity index (χ1) is 19.7. The van der Waals surface area contributed by atoms with E-state index in [0.29, 0.717) is 43.4 Å². The Bertz CT molecular complexity index is 1670. The number of esters is 2. The van der Waals surface area contributed by atoms with E-state index in [1.54, 1.807) is 38.1 Å². The molecule has 0 saturated heterocycles. The van der Waals surface area contributed by atoms with Crippen molar-refractivity contribution >= 4 is 29.4 Å². The number of hydrogen-bond donors (Lipinski definition) is 0. The molecule has 1 aromatic heterocycles. The summed E-state index contributed by atoms with van der Waals surface area (Å²) in [6, 6.07) is 11.6. The van der Waals surface area contributed by atoms with Gasteiger partial charge in [0, 0.05) is 5.56 Å². The predicted octanol–water partition coefficient (Wildman–Crippen LogP) is 3.15. The van der Waals surface area contributed by atoms with Crippen LogP contribution in [0.3, 0.4) is 0 Å². The molecule has 41 heavy (non-hydrogen) atoms. The lowest BCUT2D eigenvalue weighted by atomic mass is 9.95. The van der Waals surface area contributed by atoms with Crippen molar-refractivity contribution in [3.05, 3.63) is 84.5 Å². The Hall–Kier alpha value is -4.38. The Morgan fingerprint density at radius 3 is 2.54 bits per heavy atom. The highest BCUT2D eigenvalue weighted by Gasteiger charge is 2.35. The van der Waals surface area contributed by atoms with Crippen molar-refractivity contribution in [2.24, 2.45) is 4.99 Å². The summed E-state index contributed by atoms with van der Waals surface area (Å²) in [5.74, 6) is 0.233. The van der Waals surface area contributed by atoms with Gasteiger partial charge in [0.15, 0.2) is 22.9 Å². The van der Waals surface area contributed by atoms with Crippen LogP contribution in [0, 0.1) is 0 Å². The van der Waals surface area contributed by atoms with Crippen molar-refractivity contribution in [2.75, 3.05) is 27.4 Å². The van der Waals surface area contributed by atoms with Gasteiger partial charge in [-0.3, -0.25) is 9.36 Å². The summed E-state index contributed by atoms with van der Waals surface area (Å²) < 4.78 is 28.9. The van der Waals surface area contributed by atoms with Crippen LogP contribution in [0.1, 0.15) is 44.9 Å². The van der Waals surface area contributed by atoms with E-state index in [1.807, 2.05) is 38.1 Å². The fraction of sp³-hybridized carbons (Fsp3) is 0.333. The number of hydrogen-bond acceptors (Lipinski definition) is 10. The second-order valence-corrected chi connectivity index (χ2v) is 10.3. The molecule has 0 fully saturated rings. The molecule has 10 nitrogen and oxygen atoms in total. The molecule has 4 rings (SSSR count). The van der Waals surface area contributed by atoms with Gasteiger partial charge < -0.3 is 23.7 Å². The first kappa shape index (κ1) is 29.6. The van der Waals surface area contributed by atoms with Gasteiger partial charge in [0.05, 0.1) is 42.7 Å². The minimum atomic E-state index is -0.800. The molecule has 1 aliphatic heterocycles. The van der Waals surface area contributed by atoms with Crippen LogP contribution in [0.25, 0.3) is 6.08 Å². The fourth-order valence-corrected chi connectivity index (χ4v) is 5.44. The summed E-state index contributed by atoms with van der Waals surface area (Å²) >= 11 is 1.21. The van der Waals surface area contributed by atoms with Gasteiger partial charge in [0.25, 0.3) is 5.56 Å². The normalized spacial score (nSPS) is 14.8. The van der Waals surface area contributed by atoms with Gasteiger partial charge in [-0.2, -0.15) is 0 Å². The number of nitrogens with zero attached hydrogens (tertiary/aromatic N) is 2. The van der Waals surface area contributed by atoms with Gasteiger partial charge >= 0.3 is 11.9 Å². The predicted molar refractivity (Wildman–Crippen MR) is 153 cm³/mol. The van der Waals surface area contributed by atoms with Crippen LogP contribution in [-0.4, -0.2) is 50.0 Å². The quantitative estimate of drug-likeness (QED) is 0.336. The smallest absolute Gasteiger partial charge is 0.343 e. The molecule has 2 heterocycles. The first-order valence-corrected chi connectivity index (χ1v) is 13.8. The van der Waals surface area contributed by atoms with E-state index in [9.17, 15) is 14.4 Å². The highest BCUT2D eigenvalue weighted by Crippen LogP contribution is 2.36. The van der Waals surface area contributed by atoms with Crippen LogP contribution < -0.4 is 29.1 Å². The maximum Gasteiger partial charge on any atom is 0.343 e. The molecule has 0 bridgehead atoms. The monoisotopic (exact) mass is 580 g/mol. The number of rotatable bonds is 10. The van der Waals surface area contributed by atoms with Crippen molar-refractivity contribution in [3.63, 3.8) is 0 Å². The van der Waals surface area contributed by atoms with Crippen LogP contribution in [-0.2, 0) is 19.1 Å². The molecule has 3 aromatic rings. The Morgan fingerprint density at radius 2 is 1.85 bits per heavy atom. The van der Waals surface area contributed by atoms with Crippen molar-refractivity contribution < 1.29 is 33.3 Å². The van der Waals surface area contributed by atoms with Gasteiger partial charge in [-0.05, 0) is 57.5 Å². The number of thiazole rings is 1. The number of methoxy groups -OCH3 is 2. The van der Waals surface area contributed by atoms with E-state index in [4.69, 9.17) is 18.9 Å². The van der Waals surface area contributed by atoms with Gasteiger partial charge in [0.1, 0.15) is 11.8 Å². The Balaban J connectivity index is 1.86. The molecule has 0 radical (unpaired) electrons. The number of carbonyl (C=O) groups excluding carboxylic acids is 2. The second kappa shape index (κ2) is 12.9. The van der Waals surface area contributed by atoms with E-state index >= 15 is 0 Å². The number of ether oxygens (including phenoxy) is 5. The highest BCUT2D eigenvalue weighted by atomic mass is 32.1. The molecule has 0 saturated carbocycles. The van der Waals surface area contributed by atoms with Crippen LogP contribution in [0.4, 0.5) is 0 Å². The van der Waals surface area contributed by atoms with Crippen molar-refractivity contribution in [1.29, 1.82) is 0 Å². The highest BCUT2D eigenvalue weighted by molar-refractivity contribution is 7.07. The molecule has 11 heteroatoms. The molecule has 0 aliphatic carbocycles. The minimum absolute atomic E-state index is 0.127. The summed E-state index contributed by atoms with van der Waals surface area (Å²) in [6.07, 6.45) is 1.59. The molecule has 0 amide bonds. The van der Waals surface area contributed by atoms with Gasteiger partial charge in [-0.1, -0.05) is 35.6 Å². The van der Waals surface area contributed by atoms with E-state index in [1.165, 1.54) is 30.1 Å². The molecule has 0 N–H and O–H groups in total. The molecule has 216 valence electrons. The Labute approximate surface area is 241 Å². The second-order valence-electron chi connectivity index (χ2n) is 9.28. The topological polar surface area (TPSA) is 115 Å². The maximum absolute atomic E-state index is 14.0. The third-order valence-electron chi connectivity index (χ3n) is 6.15. The number of benzene rings is 2. The lowest BCUT2D eigenvalue weighted by Crippen LogP contribution is -2.40. The molecule has 1 aliphatic rings. The number of aromatic nitrogens is 1. The van der Waals surface area contributed by atoms with E-state index in [0.717, 1.165) is 0 Å². The molecule has 0 unspecified atom stereocenters. The first-order valence-electron chi connectivity index (χ1n) is 13.0. The van der Waals surface area contributed by atoms with E-state index in [-0.39, 0.29) is 30.5 Å². The number of para-hydroxylation sites is 1. The summed E-state index contributed by atoms with van der Waals surface area (Å²) in [7, 11) is 2.76. The van der Waals surface area contributed by atoms with E-state index < -0.39 is 18.0 Å². The van der Waals surface area contributed by atoms with Crippen LogP contribution in [0.15, 0.2) is 63.5 Å². The van der Waals surface area contributed by atoms with Gasteiger partial charge in [-0.15, -0.1) is 0 Å². The lowest BCUT2D eigenvalue weighted by molar-refractivity contribution is -0.143. The van der Waals surface area contributed by atoms with E-state index in [2.05, 4.69) is 9.73 Å². The van der Waals surface area contributed by atoms with Crippen LogP contribution >= 0.6 is 11.3 Å². The third kappa shape index (κ3) is 6.35. The minimum Gasteiger partial charge on any atom is -0.493 e. The Kier molecular flexibility index (Phi) is 9.28. The third-order valence-corrected chi connectivity index (χ3v) is 7.13. The van der Waals surface area contributed by atoms with Gasteiger partial charge in [0.2, 0.25) is 0 Å². The zero-order valence-electron chi connectivity index (χ0n) is 23.8. The van der Waals surface area contributed by atoms with Crippen molar-refractivity contribution in [3.8, 4) is 17.2 Å². The molecule has 1 atom stereocenters. The Morgan fingerprint density at radius 1 is 1.10 bits per heavy atom. The maximum atomic E-state index is 14.0. The summed E-state index contributed by atoms with van der Waals surface area (Å²) in [5, 5.41) is 0. The molecular formula is C30H32N2O8S. The molecule has 0 spiro atoms.